The zero-order valence-corrected chi connectivity index (χ0v) is 14.6. The molecule has 0 bridgehead atoms. The highest BCUT2D eigenvalue weighted by molar-refractivity contribution is 5.81. The number of rotatable bonds is 2. The summed E-state index contributed by atoms with van der Waals surface area (Å²) in [5.74, 6) is 1.66. The van der Waals surface area contributed by atoms with Crippen LogP contribution in [0.4, 0.5) is 23.0 Å². The number of anilines is 4. The Morgan fingerprint density at radius 1 is 0.769 bits per heavy atom. The van der Waals surface area contributed by atoms with Crippen molar-refractivity contribution in [2.75, 3.05) is 28.6 Å². The van der Waals surface area contributed by atoms with E-state index in [0.717, 1.165) is 44.1 Å². The monoisotopic (exact) mass is 343 g/mol. The Labute approximate surface area is 153 Å². The van der Waals surface area contributed by atoms with Gasteiger partial charge in [-0.05, 0) is 35.6 Å². The quantitative estimate of drug-likeness (QED) is 0.773. The molecule has 5 heteroatoms. The molecule has 0 amide bonds. The molecule has 0 unspecified atom stereocenters. The Morgan fingerprint density at radius 2 is 1.46 bits per heavy atom. The summed E-state index contributed by atoms with van der Waals surface area (Å²) >= 11 is 0. The molecule has 5 rings (SSSR count). The smallest absolute Gasteiger partial charge is 0.161 e. The van der Waals surface area contributed by atoms with Crippen molar-refractivity contribution in [3.63, 3.8) is 0 Å². The van der Waals surface area contributed by atoms with Gasteiger partial charge in [-0.1, -0.05) is 42.5 Å². The van der Waals surface area contributed by atoms with Gasteiger partial charge in [-0.15, -0.1) is 0 Å². The number of hydrogen-bond acceptors (Lipinski definition) is 5. The number of nitrogens with zero attached hydrogens (tertiary/aromatic N) is 4. The summed E-state index contributed by atoms with van der Waals surface area (Å²) < 4.78 is 0. The lowest BCUT2D eigenvalue weighted by molar-refractivity contribution is 0.720. The van der Waals surface area contributed by atoms with E-state index in [0.29, 0.717) is 5.69 Å². The summed E-state index contributed by atoms with van der Waals surface area (Å²) in [4.78, 5) is 13.5. The van der Waals surface area contributed by atoms with Crippen molar-refractivity contribution in [1.29, 1.82) is 0 Å². The van der Waals surface area contributed by atoms with Gasteiger partial charge in [-0.2, -0.15) is 0 Å². The molecule has 2 aromatic carbocycles. The molecule has 26 heavy (non-hydrogen) atoms. The van der Waals surface area contributed by atoms with Gasteiger partial charge in [-0.3, -0.25) is 0 Å². The summed E-state index contributed by atoms with van der Waals surface area (Å²) in [6.45, 7) is 2.67. The van der Waals surface area contributed by atoms with Crippen LogP contribution >= 0.6 is 0 Å². The third-order valence-corrected chi connectivity index (χ3v) is 5.41. The third-order valence-electron chi connectivity index (χ3n) is 5.41. The van der Waals surface area contributed by atoms with Crippen LogP contribution in [0.25, 0.3) is 0 Å². The maximum Gasteiger partial charge on any atom is 0.161 e. The molecule has 0 spiro atoms. The van der Waals surface area contributed by atoms with Gasteiger partial charge in [-0.25, -0.2) is 9.97 Å². The molecule has 2 aliphatic rings. The van der Waals surface area contributed by atoms with Crippen LogP contribution in [0.5, 0.6) is 0 Å². The van der Waals surface area contributed by atoms with Crippen molar-refractivity contribution in [3.8, 4) is 0 Å². The van der Waals surface area contributed by atoms with Gasteiger partial charge in [0.1, 0.15) is 12.0 Å². The zero-order valence-electron chi connectivity index (χ0n) is 14.6. The molecule has 2 aliphatic heterocycles. The Bertz CT molecular complexity index is 968. The molecule has 0 radical (unpaired) electrons. The van der Waals surface area contributed by atoms with Gasteiger partial charge in [0.2, 0.25) is 0 Å². The van der Waals surface area contributed by atoms with E-state index in [1.807, 2.05) is 0 Å². The van der Waals surface area contributed by atoms with Gasteiger partial charge in [0.05, 0.1) is 0 Å². The van der Waals surface area contributed by atoms with Crippen LogP contribution in [0.3, 0.4) is 0 Å². The molecular weight excluding hydrogens is 322 g/mol. The van der Waals surface area contributed by atoms with Gasteiger partial charge >= 0.3 is 0 Å². The molecule has 130 valence electrons. The first-order valence-electron chi connectivity index (χ1n) is 9.09. The van der Waals surface area contributed by atoms with Gasteiger partial charge < -0.3 is 15.5 Å². The fourth-order valence-corrected chi connectivity index (χ4v) is 4.08. The Morgan fingerprint density at radius 3 is 2.35 bits per heavy atom. The van der Waals surface area contributed by atoms with Crippen LogP contribution in [0.2, 0.25) is 0 Å². The van der Waals surface area contributed by atoms with Crippen LogP contribution < -0.4 is 15.5 Å². The maximum absolute atomic E-state index is 6.56. The largest absolute Gasteiger partial charge is 0.393 e. The highest BCUT2D eigenvalue weighted by Gasteiger charge is 2.26. The molecule has 1 aromatic heterocycles. The van der Waals surface area contributed by atoms with Gasteiger partial charge in [0.15, 0.2) is 11.6 Å². The Kier molecular flexibility index (Phi) is 3.52. The number of fused-ring (bicyclic) bond motifs is 2. The van der Waals surface area contributed by atoms with Gasteiger partial charge in [0, 0.05) is 25.3 Å². The normalized spacial score (nSPS) is 15.7. The van der Waals surface area contributed by atoms with Crippen molar-refractivity contribution >= 4 is 23.0 Å². The Hall–Kier alpha value is -3.08. The summed E-state index contributed by atoms with van der Waals surface area (Å²) in [5.41, 5.74) is 12.6. The fraction of sp³-hybridized carbons (Fsp3) is 0.238. The molecule has 3 heterocycles. The third kappa shape index (κ3) is 2.39. The van der Waals surface area contributed by atoms with Crippen LogP contribution in [0.15, 0.2) is 54.9 Å². The second-order valence-corrected chi connectivity index (χ2v) is 6.91. The van der Waals surface area contributed by atoms with Crippen molar-refractivity contribution in [3.05, 3.63) is 71.5 Å². The summed E-state index contributed by atoms with van der Waals surface area (Å²) in [5, 5.41) is 0. The molecule has 0 atom stereocenters. The molecule has 3 aromatic rings. The van der Waals surface area contributed by atoms with E-state index in [4.69, 9.17) is 5.73 Å². The number of aromatic nitrogens is 2. The molecule has 2 N–H and O–H groups in total. The highest BCUT2D eigenvalue weighted by Crippen LogP contribution is 2.39. The summed E-state index contributed by atoms with van der Waals surface area (Å²) in [7, 11) is 0. The first kappa shape index (κ1) is 15.2. The van der Waals surface area contributed by atoms with Gasteiger partial charge in [0.25, 0.3) is 0 Å². The highest BCUT2D eigenvalue weighted by atomic mass is 15.3. The number of benzene rings is 2. The molecular formula is C21H21N5. The second-order valence-electron chi connectivity index (χ2n) is 6.91. The number of para-hydroxylation sites is 1. The summed E-state index contributed by atoms with van der Waals surface area (Å²) in [6, 6.07) is 17.1. The average molecular weight is 343 g/mol. The van der Waals surface area contributed by atoms with E-state index in [1.54, 1.807) is 6.33 Å². The number of nitrogens with two attached hydrogens (primary N) is 1. The predicted molar refractivity (Wildman–Crippen MR) is 105 cm³/mol. The lowest BCUT2D eigenvalue weighted by Crippen LogP contribution is -2.32. The van der Waals surface area contributed by atoms with E-state index in [-0.39, 0.29) is 0 Å². The average Bonchev–Trinajstić information content (AvgIpc) is 3.12. The van der Waals surface area contributed by atoms with Crippen molar-refractivity contribution < 1.29 is 0 Å². The van der Waals surface area contributed by atoms with E-state index in [2.05, 4.69) is 68.3 Å². The molecule has 5 nitrogen and oxygen atoms in total. The van der Waals surface area contributed by atoms with E-state index in [1.165, 1.54) is 22.4 Å². The minimum Gasteiger partial charge on any atom is -0.393 e. The van der Waals surface area contributed by atoms with Crippen molar-refractivity contribution in [2.45, 2.75) is 19.4 Å². The minimum absolute atomic E-state index is 0.670. The first-order valence-corrected chi connectivity index (χ1v) is 9.09. The lowest BCUT2D eigenvalue weighted by atomic mass is 10.00. The van der Waals surface area contributed by atoms with E-state index < -0.39 is 0 Å². The van der Waals surface area contributed by atoms with Crippen molar-refractivity contribution in [2.24, 2.45) is 0 Å². The first-order chi connectivity index (χ1) is 12.8. The fourth-order valence-electron chi connectivity index (χ4n) is 4.08. The predicted octanol–water partition coefficient (Wildman–Crippen LogP) is 3.32. The van der Waals surface area contributed by atoms with E-state index in [9.17, 15) is 0 Å². The second kappa shape index (κ2) is 6.02. The van der Waals surface area contributed by atoms with E-state index >= 15 is 0 Å². The van der Waals surface area contributed by atoms with Crippen LogP contribution in [-0.4, -0.2) is 23.1 Å². The summed E-state index contributed by atoms with van der Waals surface area (Å²) in [6.07, 6.45) is 3.68. The van der Waals surface area contributed by atoms with Crippen LogP contribution in [0, 0.1) is 0 Å². The molecule has 0 saturated heterocycles. The zero-order chi connectivity index (χ0) is 17.5. The SMILES string of the molecule is Nc1c(N2CCc3ccccc3C2)ncnc1N1CCc2ccccc21. The molecule has 0 aliphatic carbocycles. The van der Waals surface area contributed by atoms with Crippen molar-refractivity contribution in [1.82, 2.24) is 9.97 Å². The standard InChI is InChI=1S/C21H21N5/c22-19-20(25-11-9-15-5-1-2-7-17(15)13-25)23-14-24-21(19)26-12-10-16-6-3-4-8-18(16)26/h1-8,14H,9-13,22H2. The minimum atomic E-state index is 0.670. The number of hydrogen-bond donors (Lipinski definition) is 1. The number of nitrogen functional groups attached to an aromatic ring is 1. The Balaban J connectivity index is 1.50. The topological polar surface area (TPSA) is 58.3 Å². The van der Waals surface area contributed by atoms with Crippen LogP contribution in [0.1, 0.15) is 16.7 Å². The molecule has 0 saturated carbocycles. The molecule has 0 fully saturated rings. The van der Waals surface area contributed by atoms with Crippen LogP contribution in [-0.2, 0) is 19.4 Å². The maximum atomic E-state index is 6.56. The lowest BCUT2D eigenvalue weighted by Gasteiger charge is -2.31.